The number of unbranched alkanes of at least 4 members (excludes halogenated alkanes) is 1. The average Bonchev–Trinajstić information content (AvgIpc) is 2.67. The maximum absolute atomic E-state index is 3.22. The minimum atomic E-state index is 1.10. The van der Waals surface area contributed by atoms with E-state index in [0.717, 1.165) is 13.1 Å². The van der Waals surface area contributed by atoms with Crippen molar-refractivity contribution in [2.45, 2.75) is 33.2 Å². The fourth-order valence-corrected chi connectivity index (χ4v) is 3.12. The summed E-state index contributed by atoms with van der Waals surface area (Å²) in [5.74, 6) is 0. The van der Waals surface area contributed by atoms with Crippen LogP contribution in [0.15, 0.2) is 30.3 Å². The molecule has 2 rings (SSSR count). The van der Waals surface area contributed by atoms with Gasteiger partial charge < -0.3 is 10.2 Å². The van der Waals surface area contributed by atoms with E-state index in [1.165, 1.54) is 64.2 Å². The molecule has 1 fully saturated rings. The van der Waals surface area contributed by atoms with Crippen molar-refractivity contribution in [2.24, 2.45) is 0 Å². The quantitative estimate of drug-likeness (QED) is 0.656. The van der Waals surface area contributed by atoms with Gasteiger partial charge in [0.2, 0.25) is 0 Å². The molecule has 0 aliphatic carbocycles. The normalized spacial score (nSPS) is 15.9. The van der Waals surface area contributed by atoms with Crippen LogP contribution in [0.4, 0.5) is 0 Å². The number of hydrogen-bond acceptors (Lipinski definition) is 4. The smallest absolute Gasteiger partial charge is 0.0234 e. The third-order valence-corrected chi connectivity index (χ3v) is 4.73. The molecule has 25 heavy (non-hydrogen) atoms. The molecule has 0 aromatic heterocycles. The van der Waals surface area contributed by atoms with E-state index in [1.54, 1.807) is 0 Å². The number of piperazine rings is 1. The molecule has 1 aromatic rings. The van der Waals surface area contributed by atoms with E-state index < -0.39 is 0 Å². The van der Waals surface area contributed by atoms with Gasteiger partial charge in [0.05, 0.1) is 0 Å². The van der Waals surface area contributed by atoms with Crippen LogP contribution in [-0.2, 0) is 6.54 Å². The zero-order valence-electron chi connectivity index (χ0n) is 17.0. The van der Waals surface area contributed by atoms with Gasteiger partial charge in [-0.05, 0) is 45.6 Å². The number of nitrogens with zero attached hydrogens (tertiary/aromatic N) is 3. The first-order valence-corrected chi connectivity index (χ1v) is 10.1. The van der Waals surface area contributed by atoms with Crippen LogP contribution >= 0.6 is 0 Å². The van der Waals surface area contributed by atoms with Gasteiger partial charge >= 0.3 is 0 Å². The summed E-state index contributed by atoms with van der Waals surface area (Å²) in [4.78, 5) is 7.67. The highest BCUT2D eigenvalue weighted by atomic mass is 15.3. The van der Waals surface area contributed by atoms with E-state index in [-0.39, 0.29) is 0 Å². The fourth-order valence-electron chi connectivity index (χ4n) is 3.12. The third-order valence-electron chi connectivity index (χ3n) is 4.73. The summed E-state index contributed by atoms with van der Waals surface area (Å²) in [6, 6.07) is 10.8. The lowest BCUT2D eigenvalue weighted by molar-refractivity contribution is 0.117. The topological polar surface area (TPSA) is 21.8 Å². The van der Waals surface area contributed by atoms with Crippen LogP contribution in [0.3, 0.4) is 0 Å². The molecule has 0 atom stereocenters. The number of rotatable bonds is 10. The average molecular weight is 349 g/mol. The van der Waals surface area contributed by atoms with Gasteiger partial charge in [-0.25, -0.2) is 0 Å². The number of likely N-dealkylation sites (N-methyl/N-ethyl adjacent to an activating group) is 1. The number of nitrogens with one attached hydrogen (secondary N) is 1. The maximum atomic E-state index is 3.22. The van der Waals surface area contributed by atoms with Crippen LogP contribution in [0.25, 0.3) is 0 Å². The second-order valence-electron chi connectivity index (χ2n) is 6.72. The summed E-state index contributed by atoms with van der Waals surface area (Å²) >= 11 is 0. The second-order valence-corrected chi connectivity index (χ2v) is 6.72. The van der Waals surface area contributed by atoms with Crippen LogP contribution < -0.4 is 5.32 Å². The van der Waals surface area contributed by atoms with Crippen molar-refractivity contribution in [1.82, 2.24) is 20.0 Å². The summed E-state index contributed by atoms with van der Waals surface area (Å²) in [5, 5.41) is 3.22. The molecule has 1 aliphatic heterocycles. The lowest BCUT2D eigenvalue weighted by Gasteiger charge is -2.35. The highest BCUT2D eigenvalue weighted by molar-refractivity contribution is 5.14. The molecule has 1 heterocycles. The first-order valence-electron chi connectivity index (χ1n) is 10.1. The van der Waals surface area contributed by atoms with Gasteiger partial charge in [-0.1, -0.05) is 44.2 Å². The van der Waals surface area contributed by atoms with Crippen LogP contribution in [0.2, 0.25) is 0 Å². The Balaban J connectivity index is 0.00000151. The van der Waals surface area contributed by atoms with Crippen molar-refractivity contribution >= 4 is 0 Å². The van der Waals surface area contributed by atoms with Crippen molar-refractivity contribution in [3.8, 4) is 0 Å². The summed E-state index contributed by atoms with van der Waals surface area (Å²) in [5.41, 5.74) is 1.43. The van der Waals surface area contributed by atoms with Crippen molar-refractivity contribution < 1.29 is 0 Å². The van der Waals surface area contributed by atoms with Crippen LogP contribution in [0.1, 0.15) is 32.3 Å². The lowest BCUT2D eigenvalue weighted by Crippen LogP contribution is -2.47. The van der Waals surface area contributed by atoms with Crippen LogP contribution in [0.5, 0.6) is 0 Å². The van der Waals surface area contributed by atoms with Crippen molar-refractivity contribution in [1.29, 1.82) is 0 Å². The number of hydrogen-bond donors (Lipinski definition) is 1. The Kier molecular flexibility index (Phi) is 12.6. The SMILES string of the molecule is CC.CNCCCCN(C)CCN1CCN(Cc2ccccc2)CC1. The van der Waals surface area contributed by atoms with Crippen LogP contribution in [-0.4, -0.2) is 81.2 Å². The monoisotopic (exact) mass is 348 g/mol. The standard InChI is InChI=1S/C19H34N4.C2H6/c1-20-10-6-7-11-21(2)12-13-22-14-16-23(17-15-22)18-19-8-4-3-5-9-19;1-2/h3-5,8-9,20H,6-7,10-18H2,1-2H3;1-2H3. The molecule has 0 saturated carbocycles. The van der Waals surface area contributed by atoms with Gasteiger partial charge in [-0.3, -0.25) is 9.80 Å². The molecule has 1 aromatic carbocycles. The van der Waals surface area contributed by atoms with E-state index in [0.29, 0.717) is 0 Å². The van der Waals surface area contributed by atoms with Crippen molar-refractivity contribution in [3.05, 3.63) is 35.9 Å². The molecule has 0 amide bonds. The van der Waals surface area contributed by atoms with Crippen LogP contribution in [0, 0.1) is 0 Å². The Morgan fingerprint density at radius 3 is 2.20 bits per heavy atom. The summed E-state index contributed by atoms with van der Waals surface area (Å²) in [7, 11) is 4.28. The van der Waals surface area contributed by atoms with Gasteiger partial charge in [0.15, 0.2) is 0 Å². The van der Waals surface area contributed by atoms with E-state index in [1.807, 2.05) is 20.9 Å². The molecule has 4 nitrogen and oxygen atoms in total. The minimum absolute atomic E-state index is 1.10. The Hall–Kier alpha value is -0.940. The number of benzene rings is 1. The highest BCUT2D eigenvalue weighted by Gasteiger charge is 2.16. The Morgan fingerprint density at radius 2 is 1.56 bits per heavy atom. The molecule has 0 radical (unpaired) electrons. The Morgan fingerprint density at radius 1 is 0.920 bits per heavy atom. The molecular weight excluding hydrogens is 308 g/mol. The molecule has 144 valence electrons. The van der Waals surface area contributed by atoms with Gasteiger partial charge in [0, 0.05) is 45.8 Å². The van der Waals surface area contributed by atoms with Crippen molar-refractivity contribution in [3.63, 3.8) is 0 Å². The Bertz CT molecular complexity index is 402. The summed E-state index contributed by atoms with van der Waals surface area (Å²) in [6.07, 6.45) is 2.57. The maximum Gasteiger partial charge on any atom is 0.0234 e. The molecule has 1 aliphatic rings. The molecule has 0 bridgehead atoms. The zero-order valence-corrected chi connectivity index (χ0v) is 17.0. The zero-order chi connectivity index (χ0) is 18.3. The van der Waals surface area contributed by atoms with Crippen molar-refractivity contribution in [2.75, 3.05) is 66.5 Å². The first-order chi connectivity index (χ1) is 12.3. The minimum Gasteiger partial charge on any atom is -0.320 e. The Labute approximate surface area is 156 Å². The van der Waals surface area contributed by atoms with E-state index >= 15 is 0 Å². The molecule has 4 heteroatoms. The third kappa shape index (κ3) is 9.95. The van der Waals surface area contributed by atoms with E-state index in [2.05, 4.69) is 57.4 Å². The van der Waals surface area contributed by atoms with Gasteiger partial charge in [0.1, 0.15) is 0 Å². The van der Waals surface area contributed by atoms with Gasteiger partial charge in [-0.15, -0.1) is 0 Å². The molecule has 1 N–H and O–H groups in total. The molecular formula is C21H40N4. The predicted molar refractivity (Wildman–Crippen MR) is 110 cm³/mol. The summed E-state index contributed by atoms with van der Waals surface area (Å²) < 4.78 is 0. The molecule has 1 saturated heterocycles. The van der Waals surface area contributed by atoms with Gasteiger partial charge in [0.25, 0.3) is 0 Å². The fraction of sp³-hybridized carbons (Fsp3) is 0.714. The first kappa shape index (κ1) is 22.1. The lowest BCUT2D eigenvalue weighted by atomic mass is 10.2. The highest BCUT2D eigenvalue weighted by Crippen LogP contribution is 2.08. The largest absolute Gasteiger partial charge is 0.320 e. The predicted octanol–water partition coefficient (Wildman–Crippen LogP) is 2.76. The molecule has 0 spiro atoms. The van der Waals surface area contributed by atoms with E-state index in [9.17, 15) is 0 Å². The molecule has 0 unspecified atom stereocenters. The summed E-state index contributed by atoms with van der Waals surface area (Å²) in [6.45, 7) is 14.7. The second kappa shape index (κ2) is 14.3. The van der Waals surface area contributed by atoms with E-state index in [4.69, 9.17) is 0 Å². The van der Waals surface area contributed by atoms with Gasteiger partial charge in [-0.2, -0.15) is 0 Å².